The van der Waals surface area contributed by atoms with Crippen molar-refractivity contribution < 1.29 is 28.6 Å². The van der Waals surface area contributed by atoms with Crippen LogP contribution in [0.25, 0.3) is 0 Å². The summed E-state index contributed by atoms with van der Waals surface area (Å²) in [6.45, 7) is 6.36. The molecule has 0 N–H and O–H groups in total. The molecule has 0 saturated carbocycles. The number of esters is 3. The van der Waals surface area contributed by atoms with Gasteiger partial charge in [-0.15, -0.1) is 0 Å². The van der Waals surface area contributed by atoms with Gasteiger partial charge in [-0.1, -0.05) is 234 Å². The van der Waals surface area contributed by atoms with Gasteiger partial charge in [0.05, 0.1) is 0 Å². The molecule has 0 saturated heterocycles. The van der Waals surface area contributed by atoms with Crippen LogP contribution in [0.3, 0.4) is 0 Å². The van der Waals surface area contributed by atoms with Gasteiger partial charge in [0.1, 0.15) is 13.2 Å². The van der Waals surface area contributed by atoms with E-state index in [9.17, 15) is 14.4 Å². The van der Waals surface area contributed by atoms with Crippen molar-refractivity contribution in [2.75, 3.05) is 13.2 Å². The molecule has 0 radical (unpaired) electrons. The number of hydrogen-bond acceptors (Lipinski definition) is 6. The predicted molar refractivity (Wildman–Crippen MR) is 284 cm³/mol. The molecule has 1 unspecified atom stereocenters. The minimum absolute atomic E-state index is 0.0995. The van der Waals surface area contributed by atoms with E-state index in [1.165, 1.54) is 89.9 Å². The Labute approximate surface area is 407 Å². The molecule has 0 aromatic carbocycles. The van der Waals surface area contributed by atoms with E-state index in [1.54, 1.807) is 0 Å². The number of carbonyl (C=O) groups excluding carboxylic acids is 3. The number of unbranched alkanes of at least 4 members (excludes halogenated alkanes) is 21. The number of ether oxygens (including phenoxy) is 3. The van der Waals surface area contributed by atoms with Crippen molar-refractivity contribution in [3.63, 3.8) is 0 Å². The van der Waals surface area contributed by atoms with E-state index in [4.69, 9.17) is 14.2 Å². The van der Waals surface area contributed by atoms with Crippen LogP contribution in [0, 0.1) is 0 Å². The van der Waals surface area contributed by atoms with Gasteiger partial charge < -0.3 is 14.2 Å². The largest absolute Gasteiger partial charge is 0.462 e. The zero-order chi connectivity index (χ0) is 47.9. The molecule has 0 bridgehead atoms. The Hall–Kier alpha value is -3.67. The van der Waals surface area contributed by atoms with E-state index in [0.29, 0.717) is 19.3 Å². The molecule has 66 heavy (non-hydrogen) atoms. The third-order valence-electron chi connectivity index (χ3n) is 11.3. The van der Waals surface area contributed by atoms with Crippen LogP contribution in [0.1, 0.15) is 245 Å². The van der Waals surface area contributed by atoms with Crippen molar-refractivity contribution in [1.29, 1.82) is 0 Å². The van der Waals surface area contributed by atoms with Crippen molar-refractivity contribution in [1.82, 2.24) is 0 Å². The SMILES string of the molecule is CC/C=C\C/C=C\C/C=C\C/C=C\C/C=C\CCCC(=O)OCC(COC(=O)CCCCCCCCCCCCCCCCC)OC(=O)CCCCCCCC/C=C\C/C=C\C/C=C\CC. The molecule has 0 aromatic rings. The first kappa shape index (κ1) is 62.3. The lowest BCUT2D eigenvalue weighted by Gasteiger charge is -2.18. The van der Waals surface area contributed by atoms with E-state index in [-0.39, 0.29) is 37.5 Å². The molecule has 0 fully saturated rings. The fourth-order valence-electron chi connectivity index (χ4n) is 7.32. The molecule has 0 aliphatic rings. The van der Waals surface area contributed by atoms with E-state index in [1.807, 2.05) is 0 Å². The van der Waals surface area contributed by atoms with Gasteiger partial charge in [0.2, 0.25) is 0 Å². The Balaban J connectivity index is 4.49. The Morgan fingerprint density at radius 3 is 0.985 bits per heavy atom. The smallest absolute Gasteiger partial charge is 0.306 e. The maximum atomic E-state index is 12.8. The second-order valence-corrected chi connectivity index (χ2v) is 17.7. The van der Waals surface area contributed by atoms with Crippen LogP contribution in [-0.2, 0) is 28.6 Å². The van der Waals surface area contributed by atoms with Crippen LogP contribution < -0.4 is 0 Å². The molecule has 0 spiro atoms. The van der Waals surface area contributed by atoms with Gasteiger partial charge in [-0.2, -0.15) is 0 Å². The van der Waals surface area contributed by atoms with Gasteiger partial charge in [0.25, 0.3) is 0 Å². The standard InChI is InChI=1S/C60H100O6/c1-4-7-10-13-16-19-22-25-28-30-33-35-38-41-44-47-50-53-59(62)65-56-57(55-64-58(61)52-49-46-43-40-37-34-31-27-24-21-18-15-12-9-6-3)66-60(63)54-51-48-45-42-39-36-32-29-26-23-20-17-14-11-8-5-2/h7-8,10-11,16-17,19-20,25-26,28-29,33,35,41,44,57H,4-6,9,12-15,18,21-24,27,30-32,34,36-40,42-43,45-56H2,1-3H3/b10-7-,11-8-,19-16-,20-17-,28-25-,29-26-,35-33-,44-41-. The van der Waals surface area contributed by atoms with Gasteiger partial charge in [-0.3, -0.25) is 14.4 Å². The quantitative estimate of drug-likeness (QED) is 0.0262. The summed E-state index contributed by atoms with van der Waals surface area (Å²) in [5.41, 5.74) is 0. The van der Waals surface area contributed by atoms with Crippen LogP contribution in [0.2, 0.25) is 0 Å². The topological polar surface area (TPSA) is 78.9 Å². The van der Waals surface area contributed by atoms with Crippen molar-refractivity contribution in [2.24, 2.45) is 0 Å². The monoisotopic (exact) mass is 917 g/mol. The third kappa shape index (κ3) is 51.3. The van der Waals surface area contributed by atoms with E-state index < -0.39 is 6.10 Å². The highest BCUT2D eigenvalue weighted by Crippen LogP contribution is 2.15. The van der Waals surface area contributed by atoms with Crippen LogP contribution in [0.15, 0.2) is 97.2 Å². The Bertz CT molecular complexity index is 1330. The van der Waals surface area contributed by atoms with Crippen LogP contribution in [0.5, 0.6) is 0 Å². The highest BCUT2D eigenvalue weighted by molar-refractivity contribution is 5.71. The first-order valence-corrected chi connectivity index (χ1v) is 27.2. The average Bonchev–Trinajstić information content (AvgIpc) is 3.31. The Morgan fingerprint density at radius 1 is 0.318 bits per heavy atom. The summed E-state index contributed by atoms with van der Waals surface area (Å²) in [5.74, 6) is -0.972. The van der Waals surface area contributed by atoms with E-state index >= 15 is 0 Å². The van der Waals surface area contributed by atoms with Crippen molar-refractivity contribution in [3.8, 4) is 0 Å². The first-order valence-electron chi connectivity index (χ1n) is 27.2. The number of hydrogen-bond donors (Lipinski definition) is 0. The Kier molecular flexibility index (Phi) is 50.9. The van der Waals surface area contributed by atoms with E-state index in [2.05, 4.69) is 118 Å². The van der Waals surface area contributed by atoms with Gasteiger partial charge in [0, 0.05) is 19.3 Å². The summed E-state index contributed by atoms with van der Waals surface area (Å²) < 4.78 is 16.8. The zero-order valence-electron chi connectivity index (χ0n) is 42.9. The van der Waals surface area contributed by atoms with Gasteiger partial charge in [-0.25, -0.2) is 0 Å². The lowest BCUT2D eigenvalue weighted by atomic mass is 10.0. The normalized spacial score (nSPS) is 12.8. The average molecular weight is 917 g/mol. The van der Waals surface area contributed by atoms with E-state index in [0.717, 1.165) is 109 Å². The highest BCUT2D eigenvalue weighted by atomic mass is 16.6. The molecule has 6 nitrogen and oxygen atoms in total. The molecular formula is C60H100O6. The fourth-order valence-corrected chi connectivity index (χ4v) is 7.32. The number of carbonyl (C=O) groups is 3. The second kappa shape index (κ2) is 53.9. The molecule has 0 heterocycles. The van der Waals surface area contributed by atoms with Crippen LogP contribution >= 0.6 is 0 Å². The molecule has 0 aliphatic carbocycles. The minimum Gasteiger partial charge on any atom is -0.462 e. The third-order valence-corrected chi connectivity index (χ3v) is 11.3. The summed E-state index contributed by atoms with van der Waals surface area (Å²) >= 11 is 0. The molecule has 376 valence electrons. The molecular weight excluding hydrogens is 817 g/mol. The lowest BCUT2D eigenvalue weighted by Crippen LogP contribution is -2.30. The van der Waals surface area contributed by atoms with Gasteiger partial charge in [-0.05, 0) is 89.9 Å². The van der Waals surface area contributed by atoms with Crippen LogP contribution in [0.4, 0.5) is 0 Å². The zero-order valence-corrected chi connectivity index (χ0v) is 42.9. The maximum Gasteiger partial charge on any atom is 0.306 e. The molecule has 0 aliphatic heterocycles. The summed E-state index contributed by atoms with van der Waals surface area (Å²) in [4.78, 5) is 38.1. The highest BCUT2D eigenvalue weighted by Gasteiger charge is 2.19. The van der Waals surface area contributed by atoms with Gasteiger partial charge >= 0.3 is 17.9 Å². The molecule has 0 rings (SSSR count). The molecule has 0 aromatic heterocycles. The van der Waals surface area contributed by atoms with Crippen LogP contribution in [-0.4, -0.2) is 37.2 Å². The molecule has 0 amide bonds. The fraction of sp³-hybridized carbons (Fsp3) is 0.683. The Morgan fingerprint density at radius 2 is 0.606 bits per heavy atom. The number of rotatable bonds is 48. The summed E-state index contributed by atoms with van der Waals surface area (Å²) in [6.07, 6.45) is 71.1. The van der Waals surface area contributed by atoms with Crippen molar-refractivity contribution >= 4 is 17.9 Å². The maximum absolute atomic E-state index is 12.8. The summed E-state index contributed by atoms with van der Waals surface area (Å²) in [5, 5.41) is 0. The predicted octanol–water partition coefficient (Wildman–Crippen LogP) is 18.1. The summed E-state index contributed by atoms with van der Waals surface area (Å²) in [6, 6.07) is 0. The lowest BCUT2D eigenvalue weighted by molar-refractivity contribution is -0.167. The minimum atomic E-state index is -0.807. The second-order valence-electron chi connectivity index (χ2n) is 17.7. The molecule has 1 atom stereocenters. The van der Waals surface area contributed by atoms with Gasteiger partial charge in [0.15, 0.2) is 6.10 Å². The number of allylic oxidation sites excluding steroid dienone is 16. The first-order chi connectivity index (χ1) is 32.5. The summed E-state index contributed by atoms with van der Waals surface area (Å²) in [7, 11) is 0. The van der Waals surface area contributed by atoms with Crippen molar-refractivity contribution in [3.05, 3.63) is 97.2 Å². The van der Waals surface area contributed by atoms with Crippen molar-refractivity contribution in [2.45, 2.75) is 252 Å². The molecule has 6 heteroatoms.